The molecule has 0 aromatic heterocycles. The predicted octanol–water partition coefficient (Wildman–Crippen LogP) is 4.78. The standard InChI is InChI=1S/C23H30N2OS/c1-19-5-11-22(12-6-19)27-16-13-23(26)24-17-20-7-9-21(10-8-20)18-25-14-3-2-4-15-25/h5-12H,2-4,13-18H2,1H3,(H,24,26). The number of hydrogen-bond donors (Lipinski definition) is 1. The third-order valence-corrected chi connectivity index (χ3v) is 6.00. The van der Waals surface area contributed by atoms with Crippen molar-refractivity contribution >= 4 is 17.7 Å². The monoisotopic (exact) mass is 382 g/mol. The molecule has 1 N–H and O–H groups in total. The zero-order valence-corrected chi connectivity index (χ0v) is 17.1. The second-order valence-corrected chi connectivity index (χ2v) is 8.51. The van der Waals surface area contributed by atoms with Crippen molar-refractivity contribution in [3.8, 4) is 0 Å². The first-order valence-corrected chi connectivity index (χ1v) is 10.9. The molecule has 144 valence electrons. The highest BCUT2D eigenvalue weighted by atomic mass is 32.2. The molecule has 2 aromatic carbocycles. The summed E-state index contributed by atoms with van der Waals surface area (Å²) in [5, 5.41) is 3.03. The lowest BCUT2D eigenvalue weighted by Gasteiger charge is -2.26. The molecule has 0 unspecified atom stereocenters. The Morgan fingerprint density at radius 2 is 1.63 bits per heavy atom. The Hall–Kier alpha value is -1.78. The fourth-order valence-corrected chi connectivity index (χ4v) is 4.18. The molecule has 1 heterocycles. The molecule has 0 bridgehead atoms. The minimum atomic E-state index is 0.118. The Bertz CT molecular complexity index is 706. The lowest BCUT2D eigenvalue weighted by atomic mass is 10.1. The van der Waals surface area contributed by atoms with Crippen LogP contribution in [0.4, 0.5) is 0 Å². The van der Waals surface area contributed by atoms with Crippen LogP contribution in [-0.4, -0.2) is 29.6 Å². The third-order valence-electron chi connectivity index (χ3n) is 4.99. The number of aryl methyl sites for hydroxylation is 1. The van der Waals surface area contributed by atoms with Gasteiger partial charge in [0.05, 0.1) is 0 Å². The number of benzene rings is 2. The van der Waals surface area contributed by atoms with Gasteiger partial charge in [0.1, 0.15) is 0 Å². The number of piperidine rings is 1. The summed E-state index contributed by atoms with van der Waals surface area (Å²) in [6, 6.07) is 17.1. The lowest BCUT2D eigenvalue weighted by Crippen LogP contribution is -2.29. The van der Waals surface area contributed by atoms with Crippen molar-refractivity contribution in [1.82, 2.24) is 10.2 Å². The van der Waals surface area contributed by atoms with E-state index in [1.165, 1.54) is 48.4 Å². The fraction of sp³-hybridized carbons (Fsp3) is 0.435. The zero-order valence-electron chi connectivity index (χ0n) is 16.2. The van der Waals surface area contributed by atoms with Gasteiger partial charge in [0.2, 0.25) is 5.91 Å². The maximum atomic E-state index is 12.1. The highest BCUT2D eigenvalue weighted by Gasteiger charge is 2.10. The molecule has 27 heavy (non-hydrogen) atoms. The van der Waals surface area contributed by atoms with E-state index in [1.54, 1.807) is 11.8 Å². The lowest BCUT2D eigenvalue weighted by molar-refractivity contribution is -0.120. The molecule has 1 aliphatic rings. The minimum Gasteiger partial charge on any atom is -0.352 e. The predicted molar refractivity (Wildman–Crippen MR) is 114 cm³/mol. The summed E-state index contributed by atoms with van der Waals surface area (Å²) < 4.78 is 0. The molecular weight excluding hydrogens is 352 g/mol. The minimum absolute atomic E-state index is 0.118. The number of nitrogens with zero attached hydrogens (tertiary/aromatic N) is 1. The van der Waals surface area contributed by atoms with Crippen LogP contribution in [0.2, 0.25) is 0 Å². The van der Waals surface area contributed by atoms with Gasteiger partial charge in [0.15, 0.2) is 0 Å². The van der Waals surface area contributed by atoms with Gasteiger partial charge in [0, 0.05) is 30.2 Å². The highest BCUT2D eigenvalue weighted by Crippen LogP contribution is 2.19. The first-order chi connectivity index (χ1) is 13.2. The summed E-state index contributed by atoms with van der Waals surface area (Å²) >= 11 is 1.73. The average Bonchev–Trinajstić information content (AvgIpc) is 2.70. The number of carbonyl (C=O) groups is 1. The molecule has 1 aliphatic heterocycles. The smallest absolute Gasteiger partial charge is 0.221 e. The van der Waals surface area contributed by atoms with Gasteiger partial charge in [-0.05, 0) is 56.1 Å². The molecule has 3 rings (SSSR count). The second-order valence-electron chi connectivity index (χ2n) is 7.34. The van der Waals surface area contributed by atoms with E-state index < -0.39 is 0 Å². The van der Waals surface area contributed by atoms with Crippen LogP contribution >= 0.6 is 11.8 Å². The van der Waals surface area contributed by atoms with Gasteiger partial charge in [-0.15, -0.1) is 11.8 Å². The molecule has 2 aromatic rings. The molecule has 0 atom stereocenters. The Kier molecular flexibility index (Phi) is 7.79. The van der Waals surface area contributed by atoms with E-state index in [4.69, 9.17) is 0 Å². The largest absolute Gasteiger partial charge is 0.352 e. The zero-order chi connectivity index (χ0) is 18.9. The molecule has 4 heteroatoms. The van der Waals surface area contributed by atoms with Crippen molar-refractivity contribution in [1.29, 1.82) is 0 Å². The number of likely N-dealkylation sites (tertiary alicyclic amines) is 1. The molecule has 1 amide bonds. The number of amides is 1. The molecule has 0 aliphatic carbocycles. The Labute approximate surface area is 167 Å². The summed E-state index contributed by atoms with van der Waals surface area (Å²) in [7, 11) is 0. The normalized spacial score (nSPS) is 14.9. The van der Waals surface area contributed by atoms with E-state index in [-0.39, 0.29) is 5.91 Å². The van der Waals surface area contributed by atoms with Gasteiger partial charge in [-0.25, -0.2) is 0 Å². The van der Waals surface area contributed by atoms with Crippen LogP contribution < -0.4 is 5.32 Å². The second kappa shape index (κ2) is 10.5. The number of thioether (sulfide) groups is 1. The summed E-state index contributed by atoms with van der Waals surface area (Å²) in [6.07, 6.45) is 4.57. The van der Waals surface area contributed by atoms with Crippen LogP contribution in [0.25, 0.3) is 0 Å². The van der Waals surface area contributed by atoms with Gasteiger partial charge in [-0.3, -0.25) is 9.69 Å². The fourth-order valence-electron chi connectivity index (χ4n) is 3.32. The van der Waals surface area contributed by atoms with Crippen molar-refractivity contribution in [2.45, 2.75) is 50.6 Å². The van der Waals surface area contributed by atoms with Gasteiger partial charge in [-0.2, -0.15) is 0 Å². The molecular formula is C23H30N2OS. The van der Waals surface area contributed by atoms with Crippen LogP contribution in [0.1, 0.15) is 42.4 Å². The average molecular weight is 383 g/mol. The SMILES string of the molecule is Cc1ccc(SCCC(=O)NCc2ccc(CN3CCCCC3)cc2)cc1. The Morgan fingerprint density at radius 1 is 0.963 bits per heavy atom. The van der Waals surface area contributed by atoms with Gasteiger partial charge >= 0.3 is 0 Å². The van der Waals surface area contributed by atoms with Crippen molar-refractivity contribution in [3.05, 3.63) is 65.2 Å². The molecule has 0 radical (unpaired) electrons. The summed E-state index contributed by atoms with van der Waals surface area (Å²) in [5.74, 6) is 0.927. The summed E-state index contributed by atoms with van der Waals surface area (Å²) in [6.45, 7) is 6.18. The van der Waals surface area contributed by atoms with Crippen LogP contribution in [0.3, 0.4) is 0 Å². The van der Waals surface area contributed by atoms with Crippen LogP contribution in [0.5, 0.6) is 0 Å². The summed E-state index contributed by atoms with van der Waals surface area (Å²) in [4.78, 5) is 15.8. The first-order valence-electron chi connectivity index (χ1n) is 9.95. The van der Waals surface area contributed by atoms with Crippen molar-refractivity contribution in [3.63, 3.8) is 0 Å². The highest BCUT2D eigenvalue weighted by molar-refractivity contribution is 7.99. The molecule has 0 saturated carbocycles. The molecule has 0 spiro atoms. The van der Waals surface area contributed by atoms with Gasteiger partial charge in [-0.1, -0.05) is 48.4 Å². The van der Waals surface area contributed by atoms with Crippen molar-refractivity contribution < 1.29 is 4.79 Å². The Morgan fingerprint density at radius 3 is 2.33 bits per heavy atom. The van der Waals surface area contributed by atoms with E-state index in [9.17, 15) is 4.79 Å². The van der Waals surface area contributed by atoms with E-state index in [0.29, 0.717) is 13.0 Å². The van der Waals surface area contributed by atoms with E-state index >= 15 is 0 Å². The summed E-state index contributed by atoms with van der Waals surface area (Å²) in [5.41, 5.74) is 3.79. The maximum absolute atomic E-state index is 12.1. The van der Waals surface area contributed by atoms with E-state index in [1.807, 2.05) is 0 Å². The van der Waals surface area contributed by atoms with E-state index in [2.05, 4.69) is 65.7 Å². The van der Waals surface area contributed by atoms with Gasteiger partial charge < -0.3 is 5.32 Å². The Balaban J connectivity index is 1.35. The van der Waals surface area contributed by atoms with Gasteiger partial charge in [0.25, 0.3) is 0 Å². The molecule has 3 nitrogen and oxygen atoms in total. The topological polar surface area (TPSA) is 32.3 Å². The van der Waals surface area contributed by atoms with Crippen LogP contribution in [-0.2, 0) is 17.9 Å². The maximum Gasteiger partial charge on any atom is 0.221 e. The van der Waals surface area contributed by atoms with Crippen molar-refractivity contribution in [2.75, 3.05) is 18.8 Å². The first kappa shape index (κ1) is 20.0. The molecule has 1 fully saturated rings. The number of nitrogens with one attached hydrogen (secondary N) is 1. The number of carbonyl (C=O) groups excluding carboxylic acids is 1. The quantitative estimate of drug-likeness (QED) is 0.667. The van der Waals surface area contributed by atoms with E-state index in [0.717, 1.165) is 17.9 Å². The third kappa shape index (κ3) is 7.04. The van der Waals surface area contributed by atoms with Crippen molar-refractivity contribution in [2.24, 2.45) is 0 Å². The molecule has 1 saturated heterocycles. The number of hydrogen-bond acceptors (Lipinski definition) is 3. The number of rotatable bonds is 8. The van der Waals surface area contributed by atoms with Crippen LogP contribution in [0.15, 0.2) is 53.4 Å². The van der Waals surface area contributed by atoms with Crippen LogP contribution in [0, 0.1) is 6.92 Å².